The lowest BCUT2D eigenvalue weighted by atomic mass is 9.87. The lowest BCUT2D eigenvalue weighted by Gasteiger charge is -2.33. The number of carbonyl (C=O) groups is 3. The Balaban J connectivity index is 2.32. The van der Waals surface area contributed by atoms with Gasteiger partial charge in [0.05, 0.1) is 12.6 Å². The zero-order chi connectivity index (χ0) is 14.9. The fourth-order valence-electron chi connectivity index (χ4n) is 2.55. The SMILES string of the molecule is COC(=O)C1C(=O)C(=O)N(Cc2ccccc2)C1(C)C. The third kappa shape index (κ3) is 2.19. The second-order valence-electron chi connectivity index (χ2n) is 5.35. The topological polar surface area (TPSA) is 63.7 Å². The number of esters is 1. The highest BCUT2D eigenvalue weighted by Gasteiger charge is 2.56. The van der Waals surface area contributed by atoms with Crippen LogP contribution >= 0.6 is 0 Å². The van der Waals surface area contributed by atoms with Crippen molar-refractivity contribution in [2.45, 2.75) is 25.9 Å². The van der Waals surface area contributed by atoms with Gasteiger partial charge < -0.3 is 9.64 Å². The van der Waals surface area contributed by atoms with E-state index in [9.17, 15) is 14.4 Å². The molecule has 1 fully saturated rings. The van der Waals surface area contributed by atoms with Crippen LogP contribution in [-0.2, 0) is 25.7 Å². The summed E-state index contributed by atoms with van der Waals surface area (Å²) in [5.74, 6) is -3.06. The van der Waals surface area contributed by atoms with Gasteiger partial charge in [-0.2, -0.15) is 0 Å². The number of nitrogens with zero attached hydrogens (tertiary/aromatic N) is 1. The van der Waals surface area contributed by atoms with E-state index in [2.05, 4.69) is 4.74 Å². The number of hydrogen-bond donors (Lipinski definition) is 0. The van der Waals surface area contributed by atoms with Crippen molar-refractivity contribution in [3.63, 3.8) is 0 Å². The van der Waals surface area contributed by atoms with E-state index < -0.39 is 29.1 Å². The Bertz CT molecular complexity index is 550. The summed E-state index contributed by atoms with van der Waals surface area (Å²) >= 11 is 0. The minimum atomic E-state index is -1.07. The van der Waals surface area contributed by atoms with E-state index in [1.807, 2.05) is 30.3 Å². The molecule has 1 aliphatic rings. The van der Waals surface area contributed by atoms with Crippen LogP contribution in [-0.4, -0.2) is 35.2 Å². The molecular weight excluding hydrogens is 258 g/mol. The smallest absolute Gasteiger partial charge is 0.319 e. The second kappa shape index (κ2) is 5.07. The number of ether oxygens (including phenoxy) is 1. The minimum absolute atomic E-state index is 0.298. The van der Waals surface area contributed by atoms with E-state index in [-0.39, 0.29) is 0 Å². The number of hydrogen-bond acceptors (Lipinski definition) is 4. The van der Waals surface area contributed by atoms with Crippen molar-refractivity contribution < 1.29 is 19.1 Å². The first kappa shape index (κ1) is 14.2. The lowest BCUT2D eigenvalue weighted by molar-refractivity contribution is -0.151. The van der Waals surface area contributed by atoms with Crippen LogP contribution in [0.5, 0.6) is 0 Å². The van der Waals surface area contributed by atoms with Gasteiger partial charge in [0.2, 0.25) is 5.78 Å². The Labute approximate surface area is 117 Å². The Kier molecular flexibility index (Phi) is 3.61. The van der Waals surface area contributed by atoms with Crippen molar-refractivity contribution in [2.24, 2.45) is 5.92 Å². The minimum Gasteiger partial charge on any atom is -0.468 e. The number of Topliss-reactive ketones (excluding diaryl/α,β-unsaturated/α-hetero) is 1. The maximum atomic E-state index is 12.1. The van der Waals surface area contributed by atoms with Gasteiger partial charge in [0.25, 0.3) is 5.91 Å². The number of rotatable bonds is 3. The van der Waals surface area contributed by atoms with E-state index in [0.717, 1.165) is 5.56 Å². The first-order chi connectivity index (χ1) is 9.39. The molecule has 0 saturated carbocycles. The summed E-state index contributed by atoms with van der Waals surface area (Å²) in [5.41, 5.74) is 0.0177. The molecule has 20 heavy (non-hydrogen) atoms. The normalized spacial score (nSPS) is 21.1. The summed E-state index contributed by atoms with van der Waals surface area (Å²) < 4.78 is 4.65. The van der Waals surface area contributed by atoms with Crippen molar-refractivity contribution in [1.29, 1.82) is 0 Å². The van der Waals surface area contributed by atoms with E-state index in [0.29, 0.717) is 6.54 Å². The molecule has 1 unspecified atom stereocenters. The molecule has 0 spiro atoms. The Morgan fingerprint density at radius 1 is 1.25 bits per heavy atom. The highest BCUT2D eigenvalue weighted by Crippen LogP contribution is 2.35. The third-order valence-corrected chi connectivity index (χ3v) is 3.74. The van der Waals surface area contributed by atoms with Gasteiger partial charge in [-0.05, 0) is 19.4 Å². The molecular formula is C15H17NO4. The van der Waals surface area contributed by atoms with Gasteiger partial charge in [0.1, 0.15) is 5.92 Å². The molecule has 1 atom stereocenters. The molecule has 1 saturated heterocycles. The standard InChI is InChI=1S/C15H17NO4/c1-15(2)11(14(19)20-3)12(17)13(18)16(15)9-10-7-5-4-6-8-10/h4-8,11H,9H2,1-3H3. The Morgan fingerprint density at radius 2 is 1.85 bits per heavy atom. The largest absolute Gasteiger partial charge is 0.468 e. The van der Waals surface area contributed by atoms with Crippen LogP contribution in [0.1, 0.15) is 19.4 Å². The third-order valence-electron chi connectivity index (χ3n) is 3.74. The Morgan fingerprint density at radius 3 is 2.40 bits per heavy atom. The number of ketones is 1. The highest BCUT2D eigenvalue weighted by atomic mass is 16.5. The van der Waals surface area contributed by atoms with Gasteiger partial charge >= 0.3 is 5.97 Å². The van der Waals surface area contributed by atoms with Crippen molar-refractivity contribution >= 4 is 17.7 Å². The van der Waals surface area contributed by atoms with Crippen LogP contribution in [0.25, 0.3) is 0 Å². The van der Waals surface area contributed by atoms with Crippen molar-refractivity contribution in [1.82, 2.24) is 4.90 Å². The van der Waals surface area contributed by atoms with Gasteiger partial charge in [0, 0.05) is 6.54 Å². The molecule has 0 aromatic heterocycles. The molecule has 0 N–H and O–H groups in total. The van der Waals surface area contributed by atoms with Gasteiger partial charge in [-0.3, -0.25) is 14.4 Å². The number of likely N-dealkylation sites (tertiary alicyclic amines) is 1. The first-order valence-electron chi connectivity index (χ1n) is 6.37. The molecule has 106 valence electrons. The van der Waals surface area contributed by atoms with E-state index >= 15 is 0 Å². The molecule has 0 bridgehead atoms. The molecule has 5 heteroatoms. The van der Waals surface area contributed by atoms with Gasteiger partial charge in [-0.25, -0.2) is 0 Å². The number of amides is 1. The van der Waals surface area contributed by atoms with E-state index in [1.165, 1.54) is 12.0 Å². The quantitative estimate of drug-likeness (QED) is 0.472. The summed E-state index contributed by atoms with van der Waals surface area (Å²) in [6, 6.07) is 9.35. The fourth-order valence-corrected chi connectivity index (χ4v) is 2.55. The molecule has 0 radical (unpaired) electrons. The van der Waals surface area contributed by atoms with Crippen LogP contribution in [0, 0.1) is 5.92 Å². The molecule has 0 aliphatic carbocycles. The van der Waals surface area contributed by atoms with Gasteiger partial charge in [-0.1, -0.05) is 30.3 Å². The second-order valence-corrected chi connectivity index (χ2v) is 5.35. The molecule has 1 aliphatic heterocycles. The average molecular weight is 275 g/mol. The van der Waals surface area contributed by atoms with Crippen LogP contribution in [0.2, 0.25) is 0 Å². The lowest BCUT2D eigenvalue weighted by Crippen LogP contribution is -2.46. The zero-order valence-electron chi connectivity index (χ0n) is 11.8. The van der Waals surface area contributed by atoms with Crippen LogP contribution in [0.3, 0.4) is 0 Å². The highest BCUT2D eigenvalue weighted by molar-refractivity contribution is 6.42. The van der Waals surface area contributed by atoms with Crippen molar-refractivity contribution in [2.75, 3.05) is 7.11 Å². The van der Waals surface area contributed by atoms with Crippen LogP contribution < -0.4 is 0 Å². The van der Waals surface area contributed by atoms with Crippen LogP contribution in [0.4, 0.5) is 0 Å². The first-order valence-corrected chi connectivity index (χ1v) is 6.37. The molecule has 2 rings (SSSR count). The average Bonchev–Trinajstić information content (AvgIpc) is 2.59. The van der Waals surface area contributed by atoms with E-state index in [1.54, 1.807) is 13.8 Å². The summed E-state index contributed by atoms with van der Waals surface area (Å²) in [5, 5.41) is 0. The zero-order valence-corrected chi connectivity index (χ0v) is 11.8. The predicted octanol–water partition coefficient (Wildman–Crippen LogP) is 1.17. The summed E-state index contributed by atoms with van der Waals surface area (Å²) in [6.07, 6.45) is 0. The molecule has 1 heterocycles. The maximum Gasteiger partial charge on any atom is 0.319 e. The summed E-state index contributed by atoms with van der Waals surface area (Å²) in [7, 11) is 1.22. The number of benzene rings is 1. The molecule has 5 nitrogen and oxygen atoms in total. The van der Waals surface area contributed by atoms with Crippen molar-refractivity contribution in [3.05, 3.63) is 35.9 Å². The van der Waals surface area contributed by atoms with Gasteiger partial charge in [0.15, 0.2) is 0 Å². The fraction of sp³-hybridized carbons (Fsp3) is 0.400. The molecule has 1 aromatic rings. The van der Waals surface area contributed by atoms with Crippen LogP contribution in [0.15, 0.2) is 30.3 Å². The van der Waals surface area contributed by atoms with E-state index in [4.69, 9.17) is 0 Å². The summed E-state index contributed by atoms with van der Waals surface area (Å²) in [4.78, 5) is 37.4. The van der Waals surface area contributed by atoms with Crippen molar-refractivity contribution in [3.8, 4) is 0 Å². The Hall–Kier alpha value is -2.17. The maximum absolute atomic E-state index is 12.1. The predicted molar refractivity (Wildman–Crippen MR) is 71.6 cm³/mol. The monoisotopic (exact) mass is 275 g/mol. The number of carbonyl (C=O) groups excluding carboxylic acids is 3. The summed E-state index contributed by atoms with van der Waals surface area (Å²) in [6.45, 7) is 3.71. The molecule has 1 amide bonds. The van der Waals surface area contributed by atoms with Gasteiger partial charge in [-0.15, -0.1) is 0 Å². The number of methoxy groups -OCH3 is 1. The molecule has 1 aromatic carbocycles.